The molecule has 1 saturated heterocycles. The number of nitrogens with zero attached hydrogens (tertiary/aromatic N) is 2. The molecule has 1 aliphatic heterocycles. The first kappa shape index (κ1) is 16.0. The Bertz CT molecular complexity index is 454. The molecule has 0 amide bonds. The number of nitriles is 1. The van der Waals surface area contributed by atoms with Crippen molar-refractivity contribution in [1.29, 1.82) is 5.26 Å². The molecule has 0 aromatic heterocycles. The van der Waals surface area contributed by atoms with E-state index in [1.165, 1.54) is 31.2 Å². The second-order valence-electron chi connectivity index (χ2n) is 6.05. The minimum atomic E-state index is 0.404. The average Bonchev–Trinajstić information content (AvgIpc) is 2.55. The molecule has 0 spiro atoms. The molecule has 0 aliphatic carbocycles. The van der Waals surface area contributed by atoms with Crippen molar-refractivity contribution >= 4 is 0 Å². The lowest BCUT2D eigenvalue weighted by Crippen LogP contribution is -2.44. The molecule has 0 radical (unpaired) electrons. The number of nitrogens with one attached hydrogen (secondary N) is 1. The lowest BCUT2D eigenvalue weighted by atomic mass is 10.0. The number of benzene rings is 1. The molecule has 1 aliphatic rings. The maximum atomic E-state index is 8.91. The van der Waals surface area contributed by atoms with Gasteiger partial charge in [0.1, 0.15) is 0 Å². The highest BCUT2D eigenvalue weighted by Gasteiger charge is 2.20. The fraction of sp³-hybridized carbons (Fsp3) is 0.611. The minimum Gasteiger partial charge on any atom is -0.313 e. The monoisotopic (exact) mass is 285 g/mol. The summed E-state index contributed by atoms with van der Waals surface area (Å²) in [6, 6.07) is 11.3. The van der Waals surface area contributed by atoms with Gasteiger partial charge >= 0.3 is 0 Å². The first-order chi connectivity index (χ1) is 10.2. The second kappa shape index (κ2) is 8.17. The van der Waals surface area contributed by atoms with Gasteiger partial charge in [0.15, 0.2) is 0 Å². The van der Waals surface area contributed by atoms with Gasteiger partial charge in [-0.1, -0.05) is 25.5 Å². The molecule has 1 heterocycles. The molecule has 3 heteroatoms. The molecule has 0 saturated carbocycles. The van der Waals surface area contributed by atoms with Crippen molar-refractivity contribution in [2.24, 2.45) is 0 Å². The summed E-state index contributed by atoms with van der Waals surface area (Å²) in [6.45, 7) is 7.93. The summed E-state index contributed by atoms with van der Waals surface area (Å²) in [5, 5.41) is 12.6. The second-order valence-corrected chi connectivity index (χ2v) is 6.05. The van der Waals surface area contributed by atoms with Gasteiger partial charge in [0, 0.05) is 18.6 Å². The van der Waals surface area contributed by atoms with E-state index in [0.717, 1.165) is 25.2 Å². The maximum Gasteiger partial charge on any atom is 0.0991 e. The van der Waals surface area contributed by atoms with Gasteiger partial charge in [-0.15, -0.1) is 0 Å². The third-order valence-corrected chi connectivity index (χ3v) is 4.45. The quantitative estimate of drug-likeness (QED) is 0.870. The van der Waals surface area contributed by atoms with Crippen molar-refractivity contribution < 1.29 is 0 Å². The van der Waals surface area contributed by atoms with E-state index in [0.29, 0.717) is 12.1 Å². The molecule has 2 atom stereocenters. The molecule has 1 N–H and O–H groups in total. The Morgan fingerprint density at radius 2 is 2.10 bits per heavy atom. The van der Waals surface area contributed by atoms with Crippen molar-refractivity contribution in [2.75, 3.05) is 19.6 Å². The Balaban J connectivity index is 2.02. The number of rotatable bonds is 6. The van der Waals surface area contributed by atoms with Crippen molar-refractivity contribution in [1.82, 2.24) is 10.2 Å². The zero-order chi connectivity index (χ0) is 15.1. The Morgan fingerprint density at radius 3 is 2.67 bits per heavy atom. The van der Waals surface area contributed by atoms with Gasteiger partial charge in [-0.25, -0.2) is 0 Å². The molecule has 21 heavy (non-hydrogen) atoms. The summed E-state index contributed by atoms with van der Waals surface area (Å²) in [7, 11) is 0. The smallest absolute Gasteiger partial charge is 0.0991 e. The van der Waals surface area contributed by atoms with Gasteiger partial charge in [0.2, 0.25) is 0 Å². The van der Waals surface area contributed by atoms with Gasteiger partial charge < -0.3 is 5.32 Å². The molecule has 1 fully saturated rings. The van der Waals surface area contributed by atoms with Gasteiger partial charge in [0.05, 0.1) is 11.6 Å². The highest BCUT2D eigenvalue weighted by atomic mass is 15.2. The first-order valence-electron chi connectivity index (χ1n) is 8.22. The summed E-state index contributed by atoms with van der Waals surface area (Å²) in [4.78, 5) is 2.57. The predicted molar refractivity (Wildman–Crippen MR) is 87.1 cm³/mol. The van der Waals surface area contributed by atoms with Crippen LogP contribution in [0, 0.1) is 11.3 Å². The highest BCUT2D eigenvalue weighted by Crippen LogP contribution is 2.22. The van der Waals surface area contributed by atoms with E-state index >= 15 is 0 Å². The lowest BCUT2D eigenvalue weighted by molar-refractivity contribution is 0.176. The van der Waals surface area contributed by atoms with Crippen LogP contribution in [0.1, 0.15) is 56.7 Å². The van der Waals surface area contributed by atoms with Crippen LogP contribution in [-0.2, 0) is 0 Å². The fourth-order valence-electron chi connectivity index (χ4n) is 3.14. The molecule has 3 nitrogen and oxygen atoms in total. The number of hydrogen-bond donors (Lipinski definition) is 1. The molecule has 1 aromatic carbocycles. The Hall–Kier alpha value is -1.37. The molecule has 1 aromatic rings. The van der Waals surface area contributed by atoms with Crippen molar-refractivity contribution in [3.8, 4) is 6.07 Å². The van der Waals surface area contributed by atoms with Gasteiger partial charge in [-0.05, 0) is 57.0 Å². The molecule has 2 unspecified atom stereocenters. The summed E-state index contributed by atoms with van der Waals surface area (Å²) in [5.41, 5.74) is 2.04. The molecule has 2 rings (SSSR count). The summed E-state index contributed by atoms with van der Waals surface area (Å²) >= 11 is 0. The Morgan fingerprint density at radius 1 is 1.33 bits per heavy atom. The van der Waals surface area contributed by atoms with Crippen LogP contribution in [0.25, 0.3) is 0 Å². The van der Waals surface area contributed by atoms with Crippen molar-refractivity contribution in [2.45, 2.75) is 51.6 Å². The number of piperidine rings is 1. The summed E-state index contributed by atoms with van der Waals surface area (Å²) < 4.78 is 0. The van der Waals surface area contributed by atoms with Gasteiger partial charge in [0.25, 0.3) is 0 Å². The molecular formula is C18H27N3. The molecular weight excluding hydrogens is 258 g/mol. The zero-order valence-electron chi connectivity index (χ0n) is 13.3. The van der Waals surface area contributed by atoms with E-state index in [4.69, 9.17) is 5.26 Å². The lowest BCUT2D eigenvalue weighted by Gasteiger charge is -2.34. The first-order valence-corrected chi connectivity index (χ1v) is 8.22. The highest BCUT2D eigenvalue weighted by molar-refractivity contribution is 5.32. The van der Waals surface area contributed by atoms with E-state index < -0.39 is 0 Å². The molecule has 0 bridgehead atoms. The molecule has 114 valence electrons. The van der Waals surface area contributed by atoms with E-state index in [1.807, 2.05) is 12.1 Å². The Labute approximate surface area is 129 Å². The normalized spacial score (nSPS) is 20.2. The topological polar surface area (TPSA) is 39.1 Å². The van der Waals surface area contributed by atoms with E-state index in [9.17, 15) is 0 Å². The third-order valence-electron chi connectivity index (χ3n) is 4.45. The third kappa shape index (κ3) is 4.56. The van der Waals surface area contributed by atoms with Crippen LogP contribution < -0.4 is 5.32 Å². The van der Waals surface area contributed by atoms with Crippen molar-refractivity contribution in [3.63, 3.8) is 0 Å². The largest absolute Gasteiger partial charge is 0.313 e. The van der Waals surface area contributed by atoms with Crippen molar-refractivity contribution in [3.05, 3.63) is 35.4 Å². The van der Waals surface area contributed by atoms with Crippen LogP contribution in [-0.4, -0.2) is 30.6 Å². The number of hydrogen-bond acceptors (Lipinski definition) is 3. The SMILES string of the molecule is CCCN(CC1CCCCN1)C(C)c1ccc(C#N)cc1. The summed E-state index contributed by atoms with van der Waals surface area (Å²) in [5.74, 6) is 0. The average molecular weight is 285 g/mol. The summed E-state index contributed by atoms with van der Waals surface area (Å²) in [6.07, 6.45) is 5.13. The zero-order valence-corrected chi connectivity index (χ0v) is 13.3. The predicted octanol–water partition coefficient (Wildman–Crippen LogP) is 3.47. The van der Waals surface area contributed by atoms with Crippen LogP contribution in [0.4, 0.5) is 0 Å². The Kier molecular flexibility index (Phi) is 6.22. The van der Waals surface area contributed by atoms with E-state index in [-0.39, 0.29) is 0 Å². The van der Waals surface area contributed by atoms with Crippen LogP contribution in [0.2, 0.25) is 0 Å². The van der Waals surface area contributed by atoms with Gasteiger partial charge in [-0.3, -0.25) is 4.90 Å². The minimum absolute atomic E-state index is 0.404. The van der Waals surface area contributed by atoms with Crippen LogP contribution in [0.3, 0.4) is 0 Å². The van der Waals surface area contributed by atoms with Gasteiger partial charge in [-0.2, -0.15) is 5.26 Å². The maximum absolute atomic E-state index is 8.91. The van der Waals surface area contributed by atoms with Crippen LogP contribution in [0.15, 0.2) is 24.3 Å². The van der Waals surface area contributed by atoms with Crippen LogP contribution in [0.5, 0.6) is 0 Å². The standard InChI is InChI=1S/C18H27N3/c1-3-12-21(14-18-6-4-5-11-20-18)15(2)17-9-7-16(13-19)8-10-17/h7-10,15,18,20H,3-6,11-12,14H2,1-2H3. The van der Waals surface area contributed by atoms with E-state index in [1.54, 1.807) is 0 Å². The van der Waals surface area contributed by atoms with Crippen LogP contribution >= 0.6 is 0 Å². The van der Waals surface area contributed by atoms with E-state index in [2.05, 4.69) is 42.3 Å². The fourth-order valence-corrected chi connectivity index (χ4v) is 3.14.